The molecule has 3 heteroatoms. The van der Waals surface area contributed by atoms with E-state index in [0.29, 0.717) is 5.92 Å². The first-order valence-corrected chi connectivity index (χ1v) is 3.90. The van der Waals surface area contributed by atoms with Gasteiger partial charge < -0.3 is 9.90 Å². The molecule has 1 unspecified atom stereocenters. The van der Waals surface area contributed by atoms with E-state index in [4.69, 9.17) is 0 Å². The Kier molecular flexibility index (Phi) is 10.9. The van der Waals surface area contributed by atoms with Gasteiger partial charge in [0.2, 0.25) is 0 Å². The van der Waals surface area contributed by atoms with Gasteiger partial charge >= 0.3 is 29.6 Å². The van der Waals surface area contributed by atoms with Gasteiger partial charge in [0.15, 0.2) is 0 Å². The predicted molar refractivity (Wildman–Crippen MR) is 38.3 cm³/mol. The van der Waals surface area contributed by atoms with Crippen molar-refractivity contribution in [3.8, 4) is 0 Å². The second-order valence-electron chi connectivity index (χ2n) is 2.64. The van der Waals surface area contributed by atoms with Crippen LogP contribution in [0.5, 0.6) is 0 Å². The van der Waals surface area contributed by atoms with E-state index in [-0.39, 0.29) is 36.0 Å². The normalized spacial score (nSPS) is 11.8. The van der Waals surface area contributed by atoms with Crippen molar-refractivity contribution in [1.29, 1.82) is 0 Å². The van der Waals surface area contributed by atoms with Crippen LogP contribution in [-0.2, 0) is 4.79 Å². The molecule has 0 aliphatic rings. The molecule has 0 N–H and O–H groups in total. The van der Waals surface area contributed by atoms with Crippen LogP contribution in [-0.4, -0.2) is 5.97 Å². The number of aliphatic carboxylic acids is 1. The first-order chi connectivity index (χ1) is 4.70. The van der Waals surface area contributed by atoms with E-state index in [0.717, 1.165) is 19.3 Å². The molecule has 0 spiro atoms. The summed E-state index contributed by atoms with van der Waals surface area (Å²) in [5.74, 6) is -0.588. The smallest absolute Gasteiger partial charge is 0.550 e. The molecule has 0 fully saturated rings. The number of hydrogen-bond donors (Lipinski definition) is 0. The molecule has 0 bridgehead atoms. The molecule has 2 nitrogen and oxygen atoms in total. The summed E-state index contributed by atoms with van der Waals surface area (Å²) in [5.41, 5.74) is 0. The molecule has 0 amide bonds. The second kappa shape index (κ2) is 8.57. The molecule has 0 aromatic rings. The molecule has 0 saturated heterocycles. The molecule has 60 valence electrons. The van der Waals surface area contributed by atoms with Crippen molar-refractivity contribution in [2.45, 2.75) is 39.5 Å². The summed E-state index contributed by atoms with van der Waals surface area (Å²) in [5, 5.41) is 10.1. The van der Waals surface area contributed by atoms with Crippen LogP contribution in [0.4, 0.5) is 0 Å². The first-order valence-electron chi connectivity index (χ1n) is 3.90. The zero-order chi connectivity index (χ0) is 7.98. The largest absolute Gasteiger partial charge is 1.00 e. The van der Waals surface area contributed by atoms with E-state index in [2.05, 4.69) is 6.92 Å². The fraction of sp³-hybridized carbons (Fsp3) is 0.875. The van der Waals surface area contributed by atoms with E-state index >= 15 is 0 Å². The molecule has 0 aliphatic carbocycles. The predicted octanol–water partition coefficient (Wildman–Crippen LogP) is -2.04. The van der Waals surface area contributed by atoms with Crippen molar-refractivity contribution >= 4 is 5.97 Å². The zero-order valence-corrected chi connectivity index (χ0v) is 9.72. The number of carbonyl (C=O) groups is 1. The number of hydrogen-bond acceptors (Lipinski definition) is 2. The Labute approximate surface area is 90.7 Å². The van der Waals surface area contributed by atoms with Gasteiger partial charge in [0.1, 0.15) is 0 Å². The molecule has 1 atom stereocenters. The van der Waals surface area contributed by atoms with Crippen molar-refractivity contribution in [1.82, 2.24) is 0 Å². The minimum atomic E-state index is -0.916. The summed E-state index contributed by atoms with van der Waals surface area (Å²) in [4.78, 5) is 10.1. The van der Waals surface area contributed by atoms with Crippen LogP contribution in [0, 0.1) is 5.92 Å². The summed E-state index contributed by atoms with van der Waals surface area (Å²) < 4.78 is 0. The molecule has 0 aliphatic heterocycles. The third-order valence-electron chi connectivity index (χ3n) is 1.73. The van der Waals surface area contributed by atoms with Crippen LogP contribution in [0.15, 0.2) is 0 Å². The van der Waals surface area contributed by atoms with Gasteiger partial charge in [-0.3, -0.25) is 0 Å². The average Bonchev–Trinajstić information content (AvgIpc) is 1.86. The van der Waals surface area contributed by atoms with Crippen LogP contribution in [0.3, 0.4) is 0 Å². The Morgan fingerprint density at radius 2 is 2.00 bits per heavy atom. The average molecular weight is 166 g/mol. The van der Waals surface area contributed by atoms with E-state index in [1.165, 1.54) is 0 Å². The fourth-order valence-electron chi connectivity index (χ4n) is 1.09. The third-order valence-corrected chi connectivity index (χ3v) is 1.73. The van der Waals surface area contributed by atoms with Gasteiger partial charge in [-0.05, 0) is 12.3 Å². The molecule has 0 saturated carbocycles. The van der Waals surface area contributed by atoms with Gasteiger partial charge in [0.05, 0.1) is 0 Å². The first kappa shape index (κ1) is 14.0. The van der Waals surface area contributed by atoms with Crippen molar-refractivity contribution in [2.24, 2.45) is 5.92 Å². The van der Waals surface area contributed by atoms with Gasteiger partial charge in [0, 0.05) is 5.97 Å². The maximum Gasteiger partial charge on any atom is 1.00 e. The van der Waals surface area contributed by atoms with Crippen molar-refractivity contribution in [2.75, 3.05) is 0 Å². The minimum Gasteiger partial charge on any atom is -0.550 e. The summed E-state index contributed by atoms with van der Waals surface area (Å²) in [6.07, 6.45) is 3.24. The fourth-order valence-corrected chi connectivity index (χ4v) is 1.09. The molecule has 11 heavy (non-hydrogen) atoms. The number of carbonyl (C=O) groups excluding carboxylic acids is 1. The third kappa shape index (κ3) is 8.38. The molecule has 0 heterocycles. The zero-order valence-electron chi connectivity index (χ0n) is 7.72. The number of carboxylic acid groups (broad SMARTS) is 1. The van der Waals surface area contributed by atoms with Crippen LogP contribution in [0.25, 0.3) is 0 Å². The molecule has 0 aromatic heterocycles. The Balaban J connectivity index is 0. The monoisotopic (exact) mass is 166 g/mol. The maximum atomic E-state index is 10.1. The van der Waals surface area contributed by atoms with Gasteiger partial charge in [-0.15, -0.1) is 0 Å². The SMILES string of the molecule is CCCC(CC)CC(=O)[O-].[Na+]. The van der Waals surface area contributed by atoms with Crippen molar-refractivity contribution in [3.05, 3.63) is 0 Å². The van der Waals surface area contributed by atoms with Crippen LogP contribution < -0.4 is 34.7 Å². The molecular weight excluding hydrogens is 151 g/mol. The molecule has 0 rings (SSSR count). The van der Waals surface area contributed by atoms with E-state index in [1.807, 2.05) is 6.92 Å². The van der Waals surface area contributed by atoms with Crippen molar-refractivity contribution < 1.29 is 39.5 Å². The van der Waals surface area contributed by atoms with Gasteiger partial charge in [-0.1, -0.05) is 33.1 Å². The topological polar surface area (TPSA) is 40.1 Å². The van der Waals surface area contributed by atoms with Gasteiger partial charge in [-0.2, -0.15) is 0 Å². The standard InChI is InChI=1S/C8H16O2.Na/c1-3-5-7(4-2)6-8(9)10;/h7H,3-6H2,1-2H3,(H,9,10);/q;+1/p-1. The quantitative estimate of drug-likeness (QED) is 0.441. The maximum absolute atomic E-state index is 10.1. The van der Waals surface area contributed by atoms with Gasteiger partial charge in [0.25, 0.3) is 0 Å². The summed E-state index contributed by atoms with van der Waals surface area (Å²) in [6, 6.07) is 0. The Morgan fingerprint density at radius 1 is 1.45 bits per heavy atom. The van der Waals surface area contributed by atoms with E-state index in [1.54, 1.807) is 0 Å². The van der Waals surface area contributed by atoms with Crippen LogP contribution in [0.1, 0.15) is 39.5 Å². The van der Waals surface area contributed by atoms with E-state index in [9.17, 15) is 9.90 Å². The van der Waals surface area contributed by atoms with E-state index < -0.39 is 5.97 Å². The summed E-state index contributed by atoms with van der Waals surface area (Å²) in [7, 11) is 0. The van der Waals surface area contributed by atoms with Crippen LogP contribution >= 0.6 is 0 Å². The van der Waals surface area contributed by atoms with Crippen LogP contribution in [0.2, 0.25) is 0 Å². The molecule has 0 radical (unpaired) electrons. The summed E-state index contributed by atoms with van der Waals surface area (Å²) in [6.45, 7) is 4.08. The molecular formula is C8H15NaO2. The Morgan fingerprint density at radius 3 is 2.27 bits per heavy atom. The Bertz CT molecular complexity index is 104. The van der Waals surface area contributed by atoms with Gasteiger partial charge in [-0.25, -0.2) is 0 Å². The molecule has 0 aromatic carbocycles. The number of rotatable bonds is 5. The minimum absolute atomic E-state index is 0. The Hall–Kier alpha value is 0.470. The summed E-state index contributed by atoms with van der Waals surface area (Å²) >= 11 is 0. The van der Waals surface area contributed by atoms with Crippen molar-refractivity contribution in [3.63, 3.8) is 0 Å². The number of carboxylic acids is 1. The second-order valence-corrected chi connectivity index (χ2v) is 2.64.